The van der Waals surface area contributed by atoms with Gasteiger partial charge in [-0.05, 0) is 128 Å². The number of benzene rings is 2. The number of fused-ring (bicyclic) bond motifs is 3. The van der Waals surface area contributed by atoms with Gasteiger partial charge < -0.3 is 25.2 Å². The van der Waals surface area contributed by atoms with Crippen LogP contribution < -0.4 is 20.1 Å². The predicted molar refractivity (Wildman–Crippen MR) is 181 cm³/mol. The first-order chi connectivity index (χ1) is 22.2. The molecule has 3 atom stereocenters. The molecule has 3 aromatic rings. The number of carbonyl (C=O) groups is 1. The Morgan fingerprint density at radius 1 is 1.15 bits per heavy atom. The third-order valence-electron chi connectivity index (χ3n) is 11.3. The average molecular weight is 644 g/mol. The van der Waals surface area contributed by atoms with Crippen molar-refractivity contribution < 1.29 is 19.4 Å². The maximum Gasteiger partial charge on any atom is 0.329 e. The molecule has 8 heteroatoms. The highest BCUT2D eigenvalue weighted by atomic mass is 35.5. The SMILES string of the molecule is C[C@@H](COc1ccnc2c1[C@H](C)CCC2)C[C@@H]1Cc2ccc(OC3CNC3)cc2C12CCC(Nc1cccc(Cl)c1)(C(=O)O)CC2. The molecule has 7 rings (SSSR count). The molecule has 0 bridgehead atoms. The number of aromatic nitrogens is 1. The van der Waals surface area contributed by atoms with E-state index in [2.05, 4.69) is 47.7 Å². The van der Waals surface area contributed by atoms with E-state index in [0.717, 1.165) is 62.4 Å². The molecular weight excluding hydrogens is 598 g/mol. The summed E-state index contributed by atoms with van der Waals surface area (Å²) in [5, 5.41) is 17.9. The van der Waals surface area contributed by atoms with Gasteiger partial charge in [-0.2, -0.15) is 0 Å². The second kappa shape index (κ2) is 12.7. The molecule has 1 saturated heterocycles. The number of pyridine rings is 1. The predicted octanol–water partition coefficient (Wildman–Crippen LogP) is 7.55. The summed E-state index contributed by atoms with van der Waals surface area (Å²) in [6, 6.07) is 16.1. The first kappa shape index (κ1) is 31.3. The van der Waals surface area contributed by atoms with Gasteiger partial charge in [0.15, 0.2) is 0 Å². The molecule has 0 unspecified atom stereocenters. The third-order valence-corrected chi connectivity index (χ3v) is 11.5. The Morgan fingerprint density at radius 2 is 1.98 bits per heavy atom. The van der Waals surface area contributed by atoms with Crippen molar-refractivity contribution >= 4 is 23.3 Å². The number of ether oxygens (including phenoxy) is 2. The molecule has 46 heavy (non-hydrogen) atoms. The molecule has 2 fully saturated rings. The van der Waals surface area contributed by atoms with Gasteiger partial charge in [-0.15, -0.1) is 0 Å². The van der Waals surface area contributed by atoms with Gasteiger partial charge in [0, 0.05) is 41.3 Å². The number of halogens is 1. The Kier molecular flexibility index (Phi) is 8.66. The minimum atomic E-state index is -1.04. The monoisotopic (exact) mass is 643 g/mol. The molecule has 2 heterocycles. The Hall–Kier alpha value is -3.29. The van der Waals surface area contributed by atoms with Gasteiger partial charge in [-0.1, -0.05) is 37.6 Å². The molecule has 1 saturated carbocycles. The van der Waals surface area contributed by atoms with E-state index in [1.807, 2.05) is 36.5 Å². The number of rotatable bonds is 10. The molecule has 1 aliphatic heterocycles. The van der Waals surface area contributed by atoms with Crippen LogP contribution in [0, 0.1) is 11.8 Å². The highest BCUT2D eigenvalue weighted by Crippen LogP contribution is 2.57. The Labute approximate surface area is 277 Å². The second-order valence-electron chi connectivity index (χ2n) is 14.4. The van der Waals surface area contributed by atoms with Gasteiger partial charge >= 0.3 is 5.97 Å². The van der Waals surface area contributed by atoms with E-state index < -0.39 is 11.5 Å². The van der Waals surface area contributed by atoms with Crippen molar-refractivity contribution in [3.63, 3.8) is 0 Å². The number of hydrogen-bond acceptors (Lipinski definition) is 6. The largest absolute Gasteiger partial charge is 0.493 e. The number of aliphatic carboxylic acids is 1. The molecular formula is C38H46ClN3O4. The fourth-order valence-electron chi connectivity index (χ4n) is 8.69. The standard InChI is InChI=1S/C38H46ClN3O4/c1-24(23-45-34-11-16-41-33-8-3-5-25(2)35(33)34)17-27-18-26-9-10-30(46-31-21-40-22-31)20-32(26)37(27)12-14-38(15-13-37,36(43)44)42-29-7-4-6-28(39)19-29/h4,6-7,9-11,16,19-20,24-25,27,31,40,42H,3,5,8,12-15,17-18,21-23H2,1-2H3,(H,43,44)/t24-,25-,27-,37?,38?/m1/s1. The summed E-state index contributed by atoms with van der Waals surface area (Å²) in [6.45, 7) is 6.99. The smallest absolute Gasteiger partial charge is 0.329 e. The summed E-state index contributed by atoms with van der Waals surface area (Å²) < 4.78 is 12.9. The van der Waals surface area contributed by atoms with Crippen molar-refractivity contribution in [3.8, 4) is 11.5 Å². The topological polar surface area (TPSA) is 92.7 Å². The summed E-state index contributed by atoms with van der Waals surface area (Å²) in [5.41, 5.74) is 4.82. The fraction of sp³-hybridized carbons (Fsp3) is 0.526. The number of nitrogens with zero attached hydrogens (tertiary/aromatic N) is 1. The molecule has 244 valence electrons. The van der Waals surface area contributed by atoms with Crippen LogP contribution in [0.1, 0.15) is 87.1 Å². The van der Waals surface area contributed by atoms with E-state index in [1.54, 1.807) is 0 Å². The lowest BCUT2D eigenvalue weighted by Gasteiger charge is -2.47. The minimum absolute atomic E-state index is 0.111. The minimum Gasteiger partial charge on any atom is -0.493 e. The fourth-order valence-corrected chi connectivity index (χ4v) is 8.88. The van der Waals surface area contributed by atoms with Crippen molar-refractivity contribution in [1.29, 1.82) is 0 Å². The van der Waals surface area contributed by atoms with E-state index >= 15 is 0 Å². The molecule has 3 aliphatic carbocycles. The summed E-state index contributed by atoms with van der Waals surface area (Å²) in [7, 11) is 0. The number of anilines is 1. The second-order valence-corrected chi connectivity index (χ2v) is 14.8. The Balaban J connectivity index is 1.12. The summed E-state index contributed by atoms with van der Waals surface area (Å²) in [5.74, 6) is 2.32. The molecule has 2 aromatic carbocycles. The van der Waals surface area contributed by atoms with Crippen molar-refractivity contribution in [2.24, 2.45) is 11.8 Å². The van der Waals surface area contributed by atoms with Crippen LogP contribution in [0.15, 0.2) is 54.7 Å². The van der Waals surface area contributed by atoms with E-state index in [-0.39, 0.29) is 11.5 Å². The summed E-state index contributed by atoms with van der Waals surface area (Å²) in [4.78, 5) is 17.6. The number of nitrogens with one attached hydrogen (secondary N) is 2. The van der Waals surface area contributed by atoms with E-state index in [0.29, 0.717) is 42.2 Å². The number of carboxylic acids is 1. The number of hydrogen-bond donors (Lipinski definition) is 3. The van der Waals surface area contributed by atoms with Crippen LogP contribution in [0.2, 0.25) is 5.02 Å². The first-order valence-corrected chi connectivity index (χ1v) is 17.5. The van der Waals surface area contributed by atoms with Crippen molar-refractivity contribution in [3.05, 3.63) is 82.1 Å². The van der Waals surface area contributed by atoms with E-state index in [9.17, 15) is 9.90 Å². The van der Waals surface area contributed by atoms with Crippen LogP contribution in [-0.2, 0) is 23.1 Å². The highest BCUT2D eigenvalue weighted by molar-refractivity contribution is 6.30. The van der Waals surface area contributed by atoms with Crippen LogP contribution in [0.4, 0.5) is 5.69 Å². The van der Waals surface area contributed by atoms with Gasteiger partial charge in [-0.25, -0.2) is 4.79 Å². The quantitative estimate of drug-likeness (QED) is 0.210. The van der Waals surface area contributed by atoms with Gasteiger partial charge in [0.25, 0.3) is 0 Å². The van der Waals surface area contributed by atoms with Crippen molar-refractivity contribution in [2.45, 2.75) is 94.6 Å². The van der Waals surface area contributed by atoms with Crippen LogP contribution in [0.3, 0.4) is 0 Å². The molecule has 0 amide bonds. The molecule has 1 spiro atoms. The summed E-state index contributed by atoms with van der Waals surface area (Å²) >= 11 is 6.27. The zero-order valence-corrected chi connectivity index (χ0v) is 27.7. The van der Waals surface area contributed by atoms with Crippen LogP contribution >= 0.6 is 11.6 Å². The highest BCUT2D eigenvalue weighted by Gasteiger charge is 2.54. The van der Waals surface area contributed by atoms with Crippen LogP contribution in [0.25, 0.3) is 0 Å². The van der Waals surface area contributed by atoms with Gasteiger partial charge in [0.05, 0.1) is 6.61 Å². The molecule has 0 radical (unpaired) electrons. The summed E-state index contributed by atoms with van der Waals surface area (Å²) in [6.07, 6.45) is 10.2. The average Bonchev–Trinajstić information content (AvgIpc) is 3.30. The molecule has 1 aromatic heterocycles. The van der Waals surface area contributed by atoms with Gasteiger partial charge in [0.2, 0.25) is 0 Å². The van der Waals surface area contributed by atoms with Crippen LogP contribution in [-0.4, -0.2) is 47.4 Å². The third kappa shape index (κ3) is 5.97. The lowest BCUT2D eigenvalue weighted by atomic mass is 9.59. The zero-order valence-electron chi connectivity index (χ0n) is 27.0. The maximum absolute atomic E-state index is 12.9. The number of aryl methyl sites for hydroxylation is 1. The van der Waals surface area contributed by atoms with Crippen molar-refractivity contribution in [2.75, 3.05) is 25.0 Å². The molecule has 4 aliphatic rings. The van der Waals surface area contributed by atoms with Crippen molar-refractivity contribution in [1.82, 2.24) is 10.3 Å². The lowest BCUT2D eigenvalue weighted by Crippen LogP contribution is -2.53. The van der Waals surface area contributed by atoms with E-state index in [1.165, 1.54) is 35.2 Å². The van der Waals surface area contributed by atoms with Gasteiger partial charge in [0.1, 0.15) is 23.1 Å². The number of carboxylic acid groups (broad SMARTS) is 1. The zero-order chi connectivity index (χ0) is 31.9. The van der Waals surface area contributed by atoms with Crippen LogP contribution in [0.5, 0.6) is 11.5 Å². The van der Waals surface area contributed by atoms with Gasteiger partial charge in [-0.3, -0.25) is 4.98 Å². The Bertz CT molecular complexity index is 1580. The first-order valence-electron chi connectivity index (χ1n) is 17.1. The normalized spacial score (nSPS) is 27.7. The molecule has 7 nitrogen and oxygen atoms in total. The maximum atomic E-state index is 12.9. The molecule has 3 N–H and O–H groups in total. The Morgan fingerprint density at radius 3 is 2.72 bits per heavy atom. The lowest BCUT2D eigenvalue weighted by molar-refractivity contribution is -0.144. The van der Waals surface area contributed by atoms with E-state index in [4.69, 9.17) is 21.1 Å².